The molecular weight excluding hydrogens is 989 g/mol. The molecule has 5 fully saturated rings. The van der Waals surface area contributed by atoms with E-state index in [0.717, 1.165) is 73.5 Å². The van der Waals surface area contributed by atoms with Crippen molar-refractivity contribution in [3.8, 4) is 0 Å². The van der Waals surface area contributed by atoms with Crippen molar-refractivity contribution >= 4 is 41.1 Å². The van der Waals surface area contributed by atoms with Gasteiger partial charge in [0.15, 0.2) is 39.8 Å². The molecule has 5 saturated heterocycles. The van der Waals surface area contributed by atoms with E-state index >= 15 is 0 Å². The predicted molar refractivity (Wildman–Crippen MR) is 307 cm³/mol. The van der Waals surface area contributed by atoms with Gasteiger partial charge in [-0.1, -0.05) is 160 Å². The van der Waals surface area contributed by atoms with E-state index in [1.165, 1.54) is 5.56 Å². The Balaban J connectivity index is 1.01. The van der Waals surface area contributed by atoms with Gasteiger partial charge in [-0.15, -0.1) is 0 Å². The second kappa shape index (κ2) is 23.2. The standard InChI is InChI=1S/C62H94O10Si3/c1-14-74(15-2,16-3)72-59(11)39-36-50(37-42-64-45-48-27-20-17-21-28-48)67-62(59)41-40-60(71-62)38-26-29-51(66-60)44-61-43-47(4)55(70-73(12,13)57(5,6)7)56(69-61)54(68-61)35-34-49(63)46-65-75(58(8,9)10,52-30-22-18-23-31-52)53-32-24-19-25-33-53/h17-25,27-28,30-35,47,50-51,54-56H,14-16,26,29,36-46H2,1-13H3/b35-34+/t47-,50+,51-,54+,55-,56+,59-,60-,61-,62-/m1/s1. The van der Waals surface area contributed by atoms with Crippen LogP contribution in [0.1, 0.15) is 146 Å². The van der Waals surface area contributed by atoms with Gasteiger partial charge in [0.05, 0.1) is 31.5 Å². The number of ketones is 1. The van der Waals surface area contributed by atoms with E-state index in [-0.39, 0.29) is 46.7 Å². The zero-order valence-corrected chi connectivity index (χ0v) is 51.2. The molecule has 75 heavy (non-hydrogen) atoms. The number of rotatable bonds is 21. The maximum atomic E-state index is 14.2. The summed E-state index contributed by atoms with van der Waals surface area (Å²) in [6.07, 6.45) is 10.0. The highest BCUT2D eigenvalue weighted by Gasteiger charge is 2.66. The Hall–Kier alpha value is -2.64. The molecule has 2 bridgehead atoms. The molecule has 13 heteroatoms. The fourth-order valence-corrected chi connectivity index (χ4v) is 22.0. The number of hydrogen-bond donors (Lipinski definition) is 0. The second-order valence-electron chi connectivity index (χ2n) is 25.7. The highest BCUT2D eigenvalue weighted by molar-refractivity contribution is 6.99. The van der Waals surface area contributed by atoms with Gasteiger partial charge in [-0.2, -0.15) is 0 Å². The van der Waals surface area contributed by atoms with Crippen LogP contribution in [0.4, 0.5) is 0 Å². The number of ether oxygens (including phenoxy) is 6. The van der Waals surface area contributed by atoms with Gasteiger partial charge in [0.2, 0.25) is 0 Å². The van der Waals surface area contributed by atoms with Crippen molar-refractivity contribution in [1.82, 2.24) is 0 Å². The van der Waals surface area contributed by atoms with Gasteiger partial charge in [-0.3, -0.25) is 4.79 Å². The van der Waals surface area contributed by atoms with E-state index in [0.29, 0.717) is 32.5 Å². The van der Waals surface area contributed by atoms with Crippen LogP contribution in [0, 0.1) is 5.92 Å². The van der Waals surface area contributed by atoms with E-state index in [1.54, 1.807) is 6.08 Å². The summed E-state index contributed by atoms with van der Waals surface area (Å²) in [6, 6.07) is 34.5. The van der Waals surface area contributed by atoms with Gasteiger partial charge in [-0.25, -0.2) is 0 Å². The van der Waals surface area contributed by atoms with Crippen LogP contribution in [0.2, 0.25) is 41.3 Å². The summed E-state index contributed by atoms with van der Waals surface area (Å²) >= 11 is 0. The van der Waals surface area contributed by atoms with Crippen LogP contribution >= 0.6 is 0 Å². The van der Waals surface area contributed by atoms with E-state index in [4.69, 9.17) is 41.7 Å². The third-order valence-corrected chi connectivity index (χ3v) is 32.7. The molecule has 5 heterocycles. The summed E-state index contributed by atoms with van der Waals surface area (Å²) in [6.45, 7) is 30.7. The van der Waals surface area contributed by atoms with Crippen molar-refractivity contribution in [2.75, 3.05) is 13.2 Å². The van der Waals surface area contributed by atoms with Crippen molar-refractivity contribution in [3.05, 3.63) is 109 Å². The van der Waals surface area contributed by atoms with E-state index in [1.807, 2.05) is 24.3 Å². The highest BCUT2D eigenvalue weighted by atomic mass is 28.4. The molecule has 0 unspecified atom stereocenters. The van der Waals surface area contributed by atoms with E-state index in [2.05, 4.69) is 162 Å². The van der Waals surface area contributed by atoms with Gasteiger partial charge in [0.1, 0.15) is 17.8 Å². The molecule has 0 aromatic heterocycles. The van der Waals surface area contributed by atoms with Crippen LogP contribution < -0.4 is 10.4 Å². The first kappa shape index (κ1) is 58.5. The molecule has 3 aromatic rings. The minimum absolute atomic E-state index is 0.00414. The second-order valence-corrected chi connectivity index (χ2v) is 39.4. The van der Waals surface area contributed by atoms with Gasteiger partial charge >= 0.3 is 0 Å². The summed E-state index contributed by atoms with van der Waals surface area (Å²) in [5.41, 5.74) is 0.552. The Morgan fingerprint density at radius 1 is 0.747 bits per heavy atom. The molecule has 5 aliphatic heterocycles. The molecule has 0 aliphatic carbocycles. The SMILES string of the molecule is CC[Si](CC)(CC)O[C@]1(C)CC[C@@H](CCOCc2ccccc2)O[C@@]12CC[C@@]1(CCC[C@H](C[C@@]34C[C@@H](C)[C@@H](O[Si](C)(C)C(C)(C)C)[C@@H](O3)[C@H](/C=C/C(=O)CO[Si](c3ccccc3)(c3ccccc3)C(C)(C)C)O4)O1)O2. The first-order chi connectivity index (χ1) is 35.5. The lowest BCUT2D eigenvalue weighted by Gasteiger charge is -2.55. The predicted octanol–water partition coefficient (Wildman–Crippen LogP) is 13.3. The molecule has 0 saturated carbocycles. The summed E-state index contributed by atoms with van der Waals surface area (Å²) in [4.78, 5) is 14.2. The summed E-state index contributed by atoms with van der Waals surface area (Å²) in [5.74, 6) is -2.68. The quantitative estimate of drug-likeness (QED) is 0.0582. The number of carbonyl (C=O) groups excluding carboxylic acids is 1. The van der Waals surface area contributed by atoms with Crippen LogP contribution in [-0.4, -0.2) is 97.4 Å². The summed E-state index contributed by atoms with van der Waals surface area (Å²) in [5, 5.41) is 2.01. The first-order valence-corrected chi connectivity index (χ1v) is 36.2. The highest BCUT2D eigenvalue weighted by Crippen LogP contribution is 2.57. The fourth-order valence-electron chi connectivity index (χ4n) is 13.0. The van der Waals surface area contributed by atoms with E-state index in [9.17, 15) is 4.79 Å². The molecule has 2 spiro atoms. The molecule has 0 amide bonds. The Kier molecular flexibility index (Phi) is 18.1. The minimum Gasteiger partial charge on any atom is -0.411 e. The van der Waals surface area contributed by atoms with Gasteiger partial charge < -0.3 is 41.7 Å². The molecule has 10 nitrogen and oxygen atoms in total. The maximum Gasteiger partial charge on any atom is 0.261 e. The molecule has 0 radical (unpaired) electrons. The molecule has 414 valence electrons. The lowest BCUT2D eigenvalue weighted by Crippen LogP contribution is -2.66. The van der Waals surface area contributed by atoms with Gasteiger partial charge in [-0.05, 0) is 114 Å². The first-order valence-electron chi connectivity index (χ1n) is 28.9. The van der Waals surface area contributed by atoms with Crippen LogP contribution in [-0.2, 0) is 53.1 Å². The minimum atomic E-state index is -2.94. The van der Waals surface area contributed by atoms with Gasteiger partial charge in [0.25, 0.3) is 8.32 Å². The number of carbonyl (C=O) groups is 1. The average molecular weight is 1080 g/mol. The molecular formula is C62H94O10Si3. The van der Waals surface area contributed by atoms with Crippen LogP contribution in [0.5, 0.6) is 0 Å². The Labute approximate surface area is 455 Å². The lowest BCUT2D eigenvalue weighted by molar-refractivity contribution is -0.401. The fraction of sp³-hybridized carbons (Fsp3) is 0.661. The molecule has 10 atom stereocenters. The maximum absolute atomic E-state index is 14.2. The Morgan fingerprint density at radius 2 is 1.37 bits per heavy atom. The number of hydrogen-bond acceptors (Lipinski definition) is 10. The Bertz CT molecular complexity index is 2310. The van der Waals surface area contributed by atoms with E-state index < -0.39 is 60.1 Å². The zero-order valence-electron chi connectivity index (χ0n) is 48.2. The monoisotopic (exact) mass is 1080 g/mol. The third-order valence-electron chi connectivity index (χ3n) is 18.5. The van der Waals surface area contributed by atoms with Crippen molar-refractivity contribution in [2.45, 2.75) is 242 Å². The van der Waals surface area contributed by atoms with Crippen LogP contribution in [0.3, 0.4) is 0 Å². The number of fused-ring (bicyclic) bond motifs is 2. The average Bonchev–Trinajstić information content (AvgIpc) is 3.89. The van der Waals surface area contributed by atoms with Crippen molar-refractivity contribution in [2.24, 2.45) is 5.92 Å². The largest absolute Gasteiger partial charge is 0.411 e. The molecule has 5 aliphatic rings. The van der Waals surface area contributed by atoms with Crippen molar-refractivity contribution in [3.63, 3.8) is 0 Å². The smallest absolute Gasteiger partial charge is 0.261 e. The van der Waals surface area contributed by atoms with Crippen LogP contribution in [0.15, 0.2) is 103 Å². The van der Waals surface area contributed by atoms with Crippen LogP contribution in [0.25, 0.3) is 0 Å². The van der Waals surface area contributed by atoms with Crippen molar-refractivity contribution < 1.29 is 46.5 Å². The van der Waals surface area contributed by atoms with Crippen molar-refractivity contribution in [1.29, 1.82) is 0 Å². The topological polar surface area (TPSA) is 100 Å². The molecule has 3 aromatic carbocycles. The third kappa shape index (κ3) is 12.4. The summed E-state index contributed by atoms with van der Waals surface area (Å²) < 4.78 is 64.7. The van der Waals surface area contributed by atoms with Gasteiger partial charge in [0, 0.05) is 38.7 Å². The summed E-state index contributed by atoms with van der Waals surface area (Å²) in [7, 11) is -7.27. The number of benzene rings is 3. The molecule has 8 rings (SSSR count). The normalized spacial score (nSPS) is 31.7. The lowest BCUT2D eigenvalue weighted by atomic mass is 9.83. The zero-order chi connectivity index (χ0) is 54.0. The molecule has 0 N–H and O–H groups in total. The Morgan fingerprint density at radius 3 is 1.97 bits per heavy atom.